The maximum Gasteiger partial charge on any atom is 0.260 e. The molecule has 0 N–H and O–H groups in total. The second-order valence-corrected chi connectivity index (χ2v) is 7.75. The number of nitrogens with zero attached hydrogens (tertiary/aromatic N) is 4. The Bertz CT molecular complexity index is 1010. The van der Waals surface area contributed by atoms with Gasteiger partial charge in [-0.1, -0.05) is 43.3 Å². The summed E-state index contributed by atoms with van der Waals surface area (Å²) < 4.78 is 5.67. The van der Waals surface area contributed by atoms with Gasteiger partial charge in [0.15, 0.2) is 12.4 Å². The molecule has 2 aromatic carbocycles. The zero-order valence-corrected chi connectivity index (χ0v) is 18.1. The average molecular weight is 417 g/mol. The minimum absolute atomic E-state index is 0.0141. The van der Waals surface area contributed by atoms with Crippen molar-refractivity contribution in [3.63, 3.8) is 0 Å². The molecule has 3 aromatic rings. The van der Waals surface area contributed by atoms with Gasteiger partial charge in [-0.2, -0.15) is 0 Å². The van der Waals surface area contributed by atoms with E-state index in [2.05, 4.69) is 41.1 Å². The largest absolute Gasteiger partial charge is 0.484 e. The Balaban J connectivity index is 1.29. The molecule has 1 amide bonds. The van der Waals surface area contributed by atoms with Gasteiger partial charge in [-0.15, -0.1) is 10.2 Å². The molecule has 6 nitrogen and oxygen atoms in total. The third-order valence-electron chi connectivity index (χ3n) is 5.72. The van der Waals surface area contributed by atoms with Crippen LogP contribution in [-0.2, 0) is 11.2 Å². The predicted octanol–water partition coefficient (Wildman–Crippen LogP) is 3.74. The van der Waals surface area contributed by atoms with Crippen LogP contribution >= 0.6 is 0 Å². The molecule has 160 valence electrons. The van der Waals surface area contributed by atoms with Gasteiger partial charge in [0.05, 0.1) is 5.69 Å². The Morgan fingerprint density at radius 1 is 0.935 bits per heavy atom. The van der Waals surface area contributed by atoms with E-state index in [0.717, 1.165) is 42.3 Å². The van der Waals surface area contributed by atoms with Crippen LogP contribution in [0.2, 0.25) is 0 Å². The summed E-state index contributed by atoms with van der Waals surface area (Å²) in [4.78, 5) is 16.5. The molecule has 31 heavy (non-hydrogen) atoms. The van der Waals surface area contributed by atoms with Gasteiger partial charge >= 0.3 is 0 Å². The lowest BCUT2D eigenvalue weighted by Crippen LogP contribution is -2.50. The lowest BCUT2D eigenvalue weighted by atomic mass is 10.1. The minimum Gasteiger partial charge on any atom is -0.484 e. The van der Waals surface area contributed by atoms with Gasteiger partial charge in [0, 0.05) is 31.7 Å². The topological polar surface area (TPSA) is 58.6 Å². The molecule has 1 aliphatic heterocycles. The highest BCUT2D eigenvalue weighted by Gasteiger charge is 2.22. The Morgan fingerprint density at radius 2 is 1.68 bits per heavy atom. The fourth-order valence-electron chi connectivity index (χ4n) is 3.74. The lowest BCUT2D eigenvalue weighted by Gasteiger charge is -2.35. The summed E-state index contributed by atoms with van der Waals surface area (Å²) in [5.41, 5.74) is 4.41. The quantitative estimate of drug-likeness (QED) is 0.613. The molecule has 0 saturated carbocycles. The molecule has 0 spiro atoms. The van der Waals surface area contributed by atoms with E-state index >= 15 is 0 Å². The van der Waals surface area contributed by atoms with Crippen LogP contribution in [0.25, 0.3) is 11.3 Å². The van der Waals surface area contributed by atoms with Crippen LogP contribution in [0.5, 0.6) is 5.75 Å². The Kier molecular flexibility index (Phi) is 6.46. The second kappa shape index (κ2) is 9.60. The van der Waals surface area contributed by atoms with Gasteiger partial charge in [0.25, 0.3) is 5.91 Å². The van der Waals surface area contributed by atoms with Crippen molar-refractivity contribution in [3.8, 4) is 17.0 Å². The summed E-state index contributed by atoms with van der Waals surface area (Å²) in [5, 5.41) is 8.85. The molecule has 0 unspecified atom stereocenters. The molecule has 1 aliphatic rings. The smallest absolute Gasteiger partial charge is 0.260 e. The SMILES string of the molecule is CCc1ccc(OCC(=O)N2CCN(c3ccc(-c4ccccc4C)nn3)CC2)cc1. The number of ether oxygens (including phenoxy) is 1. The Morgan fingerprint density at radius 3 is 2.32 bits per heavy atom. The first-order chi connectivity index (χ1) is 15.1. The van der Waals surface area contributed by atoms with E-state index in [1.807, 2.05) is 53.4 Å². The molecule has 2 heterocycles. The number of anilines is 1. The summed E-state index contributed by atoms with van der Waals surface area (Å²) in [5.74, 6) is 1.59. The minimum atomic E-state index is 0.0141. The van der Waals surface area contributed by atoms with E-state index in [1.54, 1.807) is 0 Å². The van der Waals surface area contributed by atoms with Gasteiger partial charge in [-0.05, 0) is 48.7 Å². The summed E-state index contributed by atoms with van der Waals surface area (Å²) in [6.45, 7) is 7.02. The number of aromatic nitrogens is 2. The molecule has 1 fully saturated rings. The molecule has 0 atom stereocenters. The van der Waals surface area contributed by atoms with E-state index in [-0.39, 0.29) is 12.5 Å². The third-order valence-corrected chi connectivity index (χ3v) is 5.72. The van der Waals surface area contributed by atoms with Crippen LogP contribution in [0, 0.1) is 6.92 Å². The molecule has 0 aliphatic carbocycles. The molecule has 1 saturated heterocycles. The van der Waals surface area contributed by atoms with Crippen LogP contribution in [0.3, 0.4) is 0 Å². The number of rotatable bonds is 6. The van der Waals surface area contributed by atoms with Crippen LogP contribution in [0.4, 0.5) is 5.82 Å². The van der Waals surface area contributed by atoms with Crippen molar-refractivity contribution in [2.24, 2.45) is 0 Å². The fourth-order valence-corrected chi connectivity index (χ4v) is 3.74. The van der Waals surface area contributed by atoms with E-state index in [1.165, 1.54) is 11.1 Å². The highest BCUT2D eigenvalue weighted by molar-refractivity contribution is 5.78. The molecule has 6 heteroatoms. The summed E-state index contributed by atoms with van der Waals surface area (Å²) in [6.07, 6.45) is 0.989. The van der Waals surface area contributed by atoms with Crippen molar-refractivity contribution < 1.29 is 9.53 Å². The predicted molar refractivity (Wildman–Crippen MR) is 122 cm³/mol. The first-order valence-electron chi connectivity index (χ1n) is 10.8. The van der Waals surface area contributed by atoms with Crippen LogP contribution in [0.1, 0.15) is 18.1 Å². The van der Waals surface area contributed by atoms with Gasteiger partial charge in [0.1, 0.15) is 5.75 Å². The maximum atomic E-state index is 12.5. The Hall–Kier alpha value is -3.41. The zero-order valence-electron chi connectivity index (χ0n) is 18.1. The standard InChI is InChI=1S/C25H28N4O2/c1-3-20-8-10-21(11-9-20)31-18-25(30)29-16-14-28(15-17-29)24-13-12-23(26-27-24)22-7-5-4-6-19(22)2/h4-13H,3,14-18H2,1-2H3. The normalized spacial score (nSPS) is 13.9. The molecule has 1 aromatic heterocycles. The van der Waals surface area contributed by atoms with E-state index in [0.29, 0.717) is 13.1 Å². The number of amides is 1. The van der Waals surface area contributed by atoms with Crippen molar-refractivity contribution in [1.29, 1.82) is 0 Å². The first kappa shape index (κ1) is 20.8. The van der Waals surface area contributed by atoms with E-state index in [9.17, 15) is 4.79 Å². The number of hydrogen-bond acceptors (Lipinski definition) is 5. The fraction of sp³-hybridized carbons (Fsp3) is 0.320. The number of carbonyl (C=O) groups excluding carboxylic acids is 1. The van der Waals surface area contributed by atoms with Gasteiger partial charge in [-0.3, -0.25) is 4.79 Å². The molecular weight excluding hydrogens is 388 g/mol. The first-order valence-corrected chi connectivity index (χ1v) is 10.8. The van der Waals surface area contributed by atoms with E-state index < -0.39 is 0 Å². The monoisotopic (exact) mass is 416 g/mol. The van der Waals surface area contributed by atoms with Crippen molar-refractivity contribution in [3.05, 3.63) is 71.8 Å². The molecule has 4 rings (SSSR count). The number of carbonyl (C=O) groups is 1. The van der Waals surface area contributed by atoms with Crippen molar-refractivity contribution in [1.82, 2.24) is 15.1 Å². The second-order valence-electron chi connectivity index (χ2n) is 7.75. The van der Waals surface area contributed by atoms with E-state index in [4.69, 9.17) is 4.74 Å². The lowest BCUT2D eigenvalue weighted by molar-refractivity contribution is -0.133. The Labute approximate surface area is 183 Å². The average Bonchev–Trinajstić information content (AvgIpc) is 2.83. The number of piperazine rings is 1. The highest BCUT2D eigenvalue weighted by Crippen LogP contribution is 2.22. The van der Waals surface area contributed by atoms with Gasteiger partial charge in [0.2, 0.25) is 0 Å². The van der Waals surface area contributed by atoms with Crippen LogP contribution in [-0.4, -0.2) is 53.8 Å². The summed E-state index contributed by atoms with van der Waals surface area (Å²) in [7, 11) is 0. The molecule has 0 bridgehead atoms. The summed E-state index contributed by atoms with van der Waals surface area (Å²) in [6, 6.07) is 20.1. The molecular formula is C25H28N4O2. The van der Waals surface area contributed by atoms with Crippen molar-refractivity contribution in [2.75, 3.05) is 37.7 Å². The number of aryl methyl sites for hydroxylation is 2. The number of benzene rings is 2. The summed E-state index contributed by atoms with van der Waals surface area (Å²) >= 11 is 0. The maximum absolute atomic E-state index is 12.5. The van der Waals surface area contributed by atoms with Crippen LogP contribution < -0.4 is 9.64 Å². The third kappa shape index (κ3) is 5.02. The zero-order chi connectivity index (χ0) is 21.6. The van der Waals surface area contributed by atoms with Crippen molar-refractivity contribution >= 4 is 11.7 Å². The molecule has 0 radical (unpaired) electrons. The van der Waals surface area contributed by atoms with Crippen molar-refractivity contribution in [2.45, 2.75) is 20.3 Å². The highest BCUT2D eigenvalue weighted by atomic mass is 16.5. The van der Waals surface area contributed by atoms with Crippen LogP contribution in [0.15, 0.2) is 60.7 Å². The van der Waals surface area contributed by atoms with Gasteiger partial charge in [-0.25, -0.2) is 0 Å². The van der Waals surface area contributed by atoms with Gasteiger partial charge < -0.3 is 14.5 Å². The number of hydrogen-bond donors (Lipinski definition) is 0.